The van der Waals surface area contributed by atoms with Crippen molar-refractivity contribution in [3.8, 4) is 6.07 Å². The average molecular weight is 198 g/mol. The fourth-order valence-electron chi connectivity index (χ4n) is 1.34. The van der Waals surface area contributed by atoms with Crippen LogP contribution in [-0.2, 0) is 9.53 Å². The largest absolute Gasteiger partial charge is 0.396 e. The lowest BCUT2D eigenvalue weighted by Crippen LogP contribution is -2.45. The van der Waals surface area contributed by atoms with Gasteiger partial charge in [-0.2, -0.15) is 5.26 Å². The lowest BCUT2D eigenvalue weighted by atomic mass is 10.2. The number of nitriles is 1. The van der Waals surface area contributed by atoms with E-state index in [0.29, 0.717) is 32.5 Å². The van der Waals surface area contributed by atoms with Gasteiger partial charge in [0.15, 0.2) is 6.10 Å². The Kier molecular flexibility index (Phi) is 4.36. The van der Waals surface area contributed by atoms with Gasteiger partial charge in [0.25, 0.3) is 0 Å². The zero-order valence-corrected chi connectivity index (χ0v) is 7.98. The molecule has 0 radical (unpaired) electrons. The van der Waals surface area contributed by atoms with Gasteiger partial charge in [0.05, 0.1) is 19.2 Å². The van der Waals surface area contributed by atoms with Crippen molar-refractivity contribution in [3.63, 3.8) is 0 Å². The van der Waals surface area contributed by atoms with E-state index in [0.717, 1.165) is 0 Å². The summed E-state index contributed by atoms with van der Waals surface area (Å²) in [5.41, 5.74) is 0. The van der Waals surface area contributed by atoms with E-state index in [9.17, 15) is 4.79 Å². The molecule has 1 amide bonds. The highest BCUT2D eigenvalue weighted by Crippen LogP contribution is 2.06. The molecule has 0 aromatic heterocycles. The third-order valence-corrected chi connectivity index (χ3v) is 2.11. The van der Waals surface area contributed by atoms with Gasteiger partial charge in [-0.15, -0.1) is 0 Å². The monoisotopic (exact) mass is 198 g/mol. The Balaban J connectivity index is 2.36. The first kappa shape index (κ1) is 11.0. The minimum absolute atomic E-state index is 0.0115. The Hall–Kier alpha value is -1.12. The van der Waals surface area contributed by atoms with Gasteiger partial charge in [0.1, 0.15) is 0 Å². The van der Waals surface area contributed by atoms with Crippen LogP contribution in [0.5, 0.6) is 0 Å². The van der Waals surface area contributed by atoms with Crippen LogP contribution in [-0.4, -0.2) is 48.3 Å². The highest BCUT2D eigenvalue weighted by Gasteiger charge is 2.23. The van der Waals surface area contributed by atoms with Crippen LogP contribution < -0.4 is 0 Å². The SMILES string of the molecule is N#CC1CN(C(=O)CCCO)CCO1. The predicted octanol–water partition coefficient (Wildman–Crippen LogP) is -0.490. The molecule has 1 unspecified atom stereocenters. The first-order chi connectivity index (χ1) is 6.77. The summed E-state index contributed by atoms with van der Waals surface area (Å²) < 4.78 is 5.11. The Morgan fingerprint density at radius 2 is 2.50 bits per heavy atom. The number of aliphatic hydroxyl groups excluding tert-OH is 1. The molecule has 1 rings (SSSR count). The van der Waals surface area contributed by atoms with Crippen molar-refractivity contribution in [2.75, 3.05) is 26.3 Å². The van der Waals surface area contributed by atoms with Crippen molar-refractivity contribution in [1.82, 2.24) is 4.90 Å². The van der Waals surface area contributed by atoms with Crippen molar-refractivity contribution in [3.05, 3.63) is 0 Å². The van der Waals surface area contributed by atoms with Gasteiger partial charge in [-0.05, 0) is 6.42 Å². The van der Waals surface area contributed by atoms with Gasteiger partial charge in [-0.25, -0.2) is 0 Å². The Bertz CT molecular complexity index is 237. The van der Waals surface area contributed by atoms with E-state index < -0.39 is 6.10 Å². The zero-order chi connectivity index (χ0) is 10.4. The standard InChI is InChI=1S/C9H14N2O3/c10-6-8-7-11(3-5-14-8)9(13)2-1-4-12/h8,12H,1-5,7H2. The van der Waals surface area contributed by atoms with Crippen LogP contribution >= 0.6 is 0 Å². The highest BCUT2D eigenvalue weighted by molar-refractivity contribution is 5.76. The van der Waals surface area contributed by atoms with Crippen molar-refractivity contribution < 1.29 is 14.6 Å². The molecule has 1 aliphatic heterocycles. The number of amides is 1. The second kappa shape index (κ2) is 5.58. The number of hydrogen-bond acceptors (Lipinski definition) is 4. The summed E-state index contributed by atoms with van der Waals surface area (Å²) >= 11 is 0. The minimum atomic E-state index is -0.498. The maximum atomic E-state index is 11.5. The molecule has 0 aromatic carbocycles. The summed E-state index contributed by atoms with van der Waals surface area (Å²) in [6, 6.07) is 1.98. The Morgan fingerprint density at radius 3 is 3.14 bits per heavy atom. The fourth-order valence-corrected chi connectivity index (χ4v) is 1.34. The van der Waals surface area contributed by atoms with Crippen molar-refractivity contribution in [1.29, 1.82) is 5.26 Å². The molecule has 0 saturated carbocycles. The number of hydrogen-bond donors (Lipinski definition) is 1. The minimum Gasteiger partial charge on any atom is -0.396 e. The summed E-state index contributed by atoms with van der Waals surface area (Å²) in [6.45, 7) is 1.34. The molecule has 0 spiro atoms. The molecule has 0 aliphatic carbocycles. The van der Waals surface area contributed by atoms with E-state index in [1.807, 2.05) is 6.07 Å². The van der Waals surface area contributed by atoms with Crippen LogP contribution in [0.15, 0.2) is 0 Å². The van der Waals surface area contributed by atoms with Crippen LogP contribution in [0, 0.1) is 11.3 Å². The van der Waals surface area contributed by atoms with E-state index in [-0.39, 0.29) is 12.5 Å². The number of carbonyl (C=O) groups excluding carboxylic acids is 1. The average Bonchev–Trinajstić information content (AvgIpc) is 2.26. The first-order valence-corrected chi connectivity index (χ1v) is 4.67. The van der Waals surface area contributed by atoms with Gasteiger partial charge < -0.3 is 14.7 Å². The second-order valence-electron chi connectivity index (χ2n) is 3.16. The zero-order valence-electron chi connectivity index (χ0n) is 7.98. The number of aliphatic hydroxyl groups is 1. The van der Waals surface area contributed by atoms with Crippen LogP contribution in [0.3, 0.4) is 0 Å². The maximum Gasteiger partial charge on any atom is 0.222 e. The molecular weight excluding hydrogens is 184 g/mol. The molecule has 14 heavy (non-hydrogen) atoms. The van der Waals surface area contributed by atoms with Crippen LogP contribution in [0.2, 0.25) is 0 Å². The molecule has 1 aliphatic rings. The second-order valence-corrected chi connectivity index (χ2v) is 3.16. The molecule has 1 saturated heterocycles. The highest BCUT2D eigenvalue weighted by atomic mass is 16.5. The van der Waals surface area contributed by atoms with E-state index in [1.54, 1.807) is 4.90 Å². The molecule has 0 aromatic rings. The number of carbonyl (C=O) groups is 1. The molecule has 1 atom stereocenters. The van der Waals surface area contributed by atoms with Crippen molar-refractivity contribution in [2.45, 2.75) is 18.9 Å². The summed E-state index contributed by atoms with van der Waals surface area (Å²) in [7, 11) is 0. The molecule has 5 nitrogen and oxygen atoms in total. The number of ether oxygens (including phenoxy) is 1. The number of nitrogens with zero attached hydrogens (tertiary/aromatic N) is 2. The molecule has 0 bridgehead atoms. The lowest BCUT2D eigenvalue weighted by Gasteiger charge is -2.29. The molecule has 5 heteroatoms. The third-order valence-electron chi connectivity index (χ3n) is 2.11. The van der Waals surface area contributed by atoms with Gasteiger partial charge in [0.2, 0.25) is 5.91 Å². The third kappa shape index (κ3) is 2.98. The lowest BCUT2D eigenvalue weighted by molar-refractivity contribution is -0.137. The van der Waals surface area contributed by atoms with Gasteiger partial charge in [0, 0.05) is 19.6 Å². The van der Waals surface area contributed by atoms with Crippen LogP contribution in [0.4, 0.5) is 0 Å². The smallest absolute Gasteiger partial charge is 0.222 e. The Morgan fingerprint density at radius 1 is 1.71 bits per heavy atom. The van der Waals surface area contributed by atoms with Crippen LogP contribution in [0.1, 0.15) is 12.8 Å². The van der Waals surface area contributed by atoms with E-state index >= 15 is 0 Å². The normalized spacial score (nSPS) is 21.7. The Labute approximate surface area is 82.9 Å². The number of morpholine rings is 1. The predicted molar refractivity (Wildman–Crippen MR) is 48.3 cm³/mol. The van der Waals surface area contributed by atoms with Crippen molar-refractivity contribution in [2.24, 2.45) is 0 Å². The van der Waals surface area contributed by atoms with E-state index in [1.165, 1.54) is 0 Å². The van der Waals surface area contributed by atoms with Gasteiger partial charge in [-0.1, -0.05) is 0 Å². The number of rotatable bonds is 3. The molecule has 1 fully saturated rings. The topological polar surface area (TPSA) is 73.6 Å². The quantitative estimate of drug-likeness (QED) is 0.664. The molecule has 1 heterocycles. The summed E-state index contributed by atoms with van der Waals surface area (Å²) in [5.74, 6) is -0.0115. The molecule has 1 N–H and O–H groups in total. The maximum absolute atomic E-state index is 11.5. The first-order valence-electron chi connectivity index (χ1n) is 4.67. The van der Waals surface area contributed by atoms with E-state index in [4.69, 9.17) is 15.1 Å². The van der Waals surface area contributed by atoms with Crippen LogP contribution in [0.25, 0.3) is 0 Å². The summed E-state index contributed by atoms with van der Waals surface area (Å²) in [6.07, 6.45) is 0.323. The summed E-state index contributed by atoms with van der Waals surface area (Å²) in [5, 5.41) is 17.2. The van der Waals surface area contributed by atoms with Gasteiger partial charge in [-0.3, -0.25) is 4.79 Å². The summed E-state index contributed by atoms with van der Waals surface area (Å²) in [4.78, 5) is 13.1. The van der Waals surface area contributed by atoms with E-state index in [2.05, 4.69) is 0 Å². The van der Waals surface area contributed by atoms with Crippen molar-refractivity contribution >= 4 is 5.91 Å². The molecular formula is C9H14N2O3. The van der Waals surface area contributed by atoms with Gasteiger partial charge >= 0.3 is 0 Å². The molecule has 78 valence electrons. The fraction of sp³-hybridized carbons (Fsp3) is 0.778.